The Morgan fingerprint density at radius 2 is 1.90 bits per heavy atom. The van der Waals surface area contributed by atoms with Crippen LogP contribution in [0.25, 0.3) is 0 Å². The molecule has 0 atom stereocenters. The molecular formula is C15H14FNO4. The van der Waals surface area contributed by atoms with Gasteiger partial charge < -0.3 is 9.84 Å². The van der Waals surface area contributed by atoms with Gasteiger partial charge in [0.1, 0.15) is 5.75 Å². The molecule has 0 saturated carbocycles. The number of rotatable bonds is 4. The van der Waals surface area contributed by atoms with Crippen LogP contribution in [0, 0.1) is 29.8 Å². The summed E-state index contributed by atoms with van der Waals surface area (Å²) < 4.78 is 19.2. The van der Waals surface area contributed by atoms with Crippen LogP contribution in [0.3, 0.4) is 0 Å². The Kier molecular flexibility index (Phi) is 4.18. The predicted molar refractivity (Wildman–Crippen MR) is 75.0 cm³/mol. The van der Waals surface area contributed by atoms with Gasteiger partial charge in [0.15, 0.2) is 11.6 Å². The lowest BCUT2D eigenvalue weighted by atomic mass is 10.1. The first-order valence-corrected chi connectivity index (χ1v) is 6.25. The fourth-order valence-corrected chi connectivity index (χ4v) is 1.97. The van der Waals surface area contributed by atoms with Crippen molar-refractivity contribution in [2.45, 2.75) is 20.5 Å². The highest BCUT2D eigenvalue weighted by molar-refractivity contribution is 5.51. The first kappa shape index (κ1) is 14.9. The van der Waals surface area contributed by atoms with Crippen LogP contribution >= 0.6 is 0 Å². The maximum absolute atomic E-state index is 13.8. The van der Waals surface area contributed by atoms with Crippen LogP contribution in [-0.2, 0) is 6.61 Å². The van der Waals surface area contributed by atoms with Gasteiger partial charge in [-0.3, -0.25) is 10.1 Å². The van der Waals surface area contributed by atoms with E-state index in [0.29, 0.717) is 16.7 Å². The zero-order valence-electron chi connectivity index (χ0n) is 11.6. The SMILES string of the molecule is Cc1cc(C)c([N+](=O)[O-])cc1Oc1ccc(CO)cc1F. The van der Waals surface area contributed by atoms with E-state index in [1.165, 1.54) is 18.2 Å². The minimum Gasteiger partial charge on any atom is -0.454 e. The molecule has 6 heteroatoms. The van der Waals surface area contributed by atoms with Crippen LogP contribution in [0.1, 0.15) is 16.7 Å². The van der Waals surface area contributed by atoms with Crippen molar-refractivity contribution in [3.8, 4) is 11.5 Å². The van der Waals surface area contributed by atoms with Crippen LogP contribution in [0.2, 0.25) is 0 Å². The summed E-state index contributed by atoms with van der Waals surface area (Å²) in [6.07, 6.45) is 0. The molecule has 110 valence electrons. The van der Waals surface area contributed by atoms with E-state index in [1.807, 2.05) is 0 Å². The van der Waals surface area contributed by atoms with Gasteiger partial charge in [-0.1, -0.05) is 6.07 Å². The van der Waals surface area contributed by atoms with E-state index in [1.54, 1.807) is 19.9 Å². The number of benzene rings is 2. The number of aliphatic hydroxyl groups is 1. The van der Waals surface area contributed by atoms with E-state index < -0.39 is 10.7 Å². The molecule has 0 radical (unpaired) electrons. The zero-order valence-corrected chi connectivity index (χ0v) is 11.6. The molecule has 21 heavy (non-hydrogen) atoms. The number of aryl methyl sites for hydroxylation is 2. The molecule has 0 aliphatic heterocycles. The molecule has 0 unspecified atom stereocenters. The van der Waals surface area contributed by atoms with Crippen molar-refractivity contribution in [3.63, 3.8) is 0 Å². The summed E-state index contributed by atoms with van der Waals surface area (Å²) in [7, 11) is 0. The molecule has 2 aromatic rings. The number of nitro benzene ring substituents is 1. The third kappa shape index (κ3) is 3.17. The fraction of sp³-hybridized carbons (Fsp3) is 0.200. The largest absolute Gasteiger partial charge is 0.454 e. The summed E-state index contributed by atoms with van der Waals surface area (Å²) in [5.74, 6) is -0.458. The number of nitrogens with zero attached hydrogens (tertiary/aromatic N) is 1. The summed E-state index contributed by atoms with van der Waals surface area (Å²) in [5.41, 5.74) is 1.53. The molecule has 5 nitrogen and oxygen atoms in total. The van der Waals surface area contributed by atoms with Gasteiger partial charge in [0.2, 0.25) is 0 Å². The molecule has 0 bridgehead atoms. The van der Waals surface area contributed by atoms with Gasteiger partial charge in [0.25, 0.3) is 5.69 Å². The molecule has 0 amide bonds. The van der Waals surface area contributed by atoms with Crippen molar-refractivity contribution in [1.29, 1.82) is 0 Å². The summed E-state index contributed by atoms with van der Waals surface area (Å²) in [5, 5.41) is 19.9. The molecule has 0 aliphatic carbocycles. The highest BCUT2D eigenvalue weighted by Crippen LogP contribution is 2.32. The van der Waals surface area contributed by atoms with Crippen molar-refractivity contribution >= 4 is 5.69 Å². The van der Waals surface area contributed by atoms with Gasteiger partial charge in [0, 0.05) is 5.56 Å². The van der Waals surface area contributed by atoms with E-state index in [2.05, 4.69) is 0 Å². The molecule has 0 aromatic heterocycles. The highest BCUT2D eigenvalue weighted by Gasteiger charge is 2.16. The number of hydrogen-bond donors (Lipinski definition) is 1. The lowest BCUT2D eigenvalue weighted by Crippen LogP contribution is -1.97. The third-order valence-corrected chi connectivity index (χ3v) is 3.09. The number of hydrogen-bond acceptors (Lipinski definition) is 4. The number of halogens is 1. The number of aliphatic hydroxyl groups excluding tert-OH is 1. The molecular weight excluding hydrogens is 277 g/mol. The van der Waals surface area contributed by atoms with Gasteiger partial charge in [0.05, 0.1) is 17.6 Å². The molecule has 0 spiro atoms. The molecule has 0 aliphatic rings. The Bertz CT molecular complexity index is 700. The molecule has 2 aromatic carbocycles. The third-order valence-electron chi connectivity index (χ3n) is 3.09. The molecule has 0 saturated heterocycles. The van der Waals surface area contributed by atoms with E-state index >= 15 is 0 Å². The Morgan fingerprint density at radius 1 is 1.19 bits per heavy atom. The van der Waals surface area contributed by atoms with Gasteiger partial charge in [-0.2, -0.15) is 0 Å². The second-order valence-corrected chi connectivity index (χ2v) is 4.69. The quantitative estimate of drug-likeness (QED) is 0.689. The number of nitro groups is 1. The molecule has 1 N–H and O–H groups in total. The minimum atomic E-state index is -0.635. The van der Waals surface area contributed by atoms with E-state index in [4.69, 9.17) is 9.84 Å². The van der Waals surface area contributed by atoms with Crippen molar-refractivity contribution < 1.29 is 19.2 Å². The van der Waals surface area contributed by atoms with Gasteiger partial charge in [-0.15, -0.1) is 0 Å². The molecule has 0 fully saturated rings. The van der Waals surface area contributed by atoms with Crippen LogP contribution in [0.5, 0.6) is 11.5 Å². The first-order valence-electron chi connectivity index (χ1n) is 6.25. The van der Waals surface area contributed by atoms with E-state index in [0.717, 1.165) is 6.07 Å². The van der Waals surface area contributed by atoms with Crippen molar-refractivity contribution in [2.24, 2.45) is 0 Å². The summed E-state index contributed by atoms with van der Waals surface area (Å²) in [6, 6.07) is 6.97. The van der Waals surface area contributed by atoms with Crippen LogP contribution in [0.15, 0.2) is 30.3 Å². The topological polar surface area (TPSA) is 72.6 Å². The fourth-order valence-electron chi connectivity index (χ4n) is 1.97. The van der Waals surface area contributed by atoms with Gasteiger partial charge in [-0.25, -0.2) is 4.39 Å². The lowest BCUT2D eigenvalue weighted by Gasteiger charge is -2.11. The summed E-state index contributed by atoms with van der Waals surface area (Å²) in [4.78, 5) is 10.4. The lowest BCUT2D eigenvalue weighted by molar-refractivity contribution is -0.385. The van der Waals surface area contributed by atoms with Crippen molar-refractivity contribution in [3.05, 3.63) is 63.0 Å². The van der Waals surface area contributed by atoms with E-state index in [-0.39, 0.29) is 23.8 Å². The van der Waals surface area contributed by atoms with Crippen LogP contribution in [0.4, 0.5) is 10.1 Å². The Hall–Kier alpha value is -2.47. The van der Waals surface area contributed by atoms with Crippen LogP contribution < -0.4 is 4.74 Å². The summed E-state index contributed by atoms with van der Waals surface area (Å²) in [6.45, 7) is 3.09. The Morgan fingerprint density at radius 3 is 2.48 bits per heavy atom. The van der Waals surface area contributed by atoms with Crippen LogP contribution in [-0.4, -0.2) is 10.0 Å². The second-order valence-electron chi connectivity index (χ2n) is 4.69. The predicted octanol–water partition coefficient (Wildman–Crippen LogP) is 3.64. The van der Waals surface area contributed by atoms with Gasteiger partial charge in [-0.05, 0) is 43.2 Å². The summed E-state index contributed by atoms with van der Waals surface area (Å²) >= 11 is 0. The average Bonchev–Trinajstić information content (AvgIpc) is 2.43. The minimum absolute atomic E-state index is 0.0477. The second kappa shape index (κ2) is 5.88. The standard InChI is InChI=1S/C15H14FNO4/c1-9-5-10(2)15(7-13(9)17(19)20)21-14-4-3-11(8-18)6-12(14)16/h3-7,18H,8H2,1-2H3. The highest BCUT2D eigenvalue weighted by atomic mass is 19.1. The Balaban J connectivity index is 2.39. The monoisotopic (exact) mass is 291 g/mol. The van der Waals surface area contributed by atoms with Crippen molar-refractivity contribution in [1.82, 2.24) is 0 Å². The maximum Gasteiger partial charge on any atom is 0.276 e. The van der Waals surface area contributed by atoms with Crippen molar-refractivity contribution in [2.75, 3.05) is 0 Å². The average molecular weight is 291 g/mol. The maximum atomic E-state index is 13.8. The Labute approximate surface area is 120 Å². The van der Waals surface area contributed by atoms with E-state index in [9.17, 15) is 14.5 Å². The van der Waals surface area contributed by atoms with Gasteiger partial charge >= 0.3 is 0 Å². The normalized spacial score (nSPS) is 10.5. The molecule has 0 heterocycles. The molecule has 2 rings (SSSR count). The number of ether oxygens (including phenoxy) is 1. The smallest absolute Gasteiger partial charge is 0.276 e. The first-order chi connectivity index (χ1) is 9.92. The zero-order chi connectivity index (χ0) is 15.6.